The van der Waals surface area contributed by atoms with Crippen molar-refractivity contribution in [2.45, 2.75) is 87.0 Å². The van der Waals surface area contributed by atoms with Crippen LogP contribution in [0.15, 0.2) is 206 Å². The van der Waals surface area contributed by atoms with Gasteiger partial charge < -0.3 is 55.6 Å². The lowest BCUT2D eigenvalue weighted by Gasteiger charge is -2.18. The van der Waals surface area contributed by atoms with Gasteiger partial charge in [0.25, 0.3) is 11.8 Å². The molecule has 10 aromatic rings. The number of rotatable bonds is 19. The molecular weight excluding hydrogens is 1610 g/mol. The van der Waals surface area contributed by atoms with Crippen LogP contribution in [0.4, 0.5) is 28.4 Å². The molecule has 10 aromatic carbocycles. The van der Waals surface area contributed by atoms with Crippen molar-refractivity contribution in [3.05, 3.63) is 306 Å². The van der Waals surface area contributed by atoms with E-state index in [-0.39, 0.29) is 70.2 Å². The van der Waals surface area contributed by atoms with Crippen LogP contribution >= 0.6 is 0 Å². The molecule has 2 amide bonds. The molecule has 0 unspecified atom stereocenters. The molecule has 7 N–H and O–H groups in total. The minimum Gasteiger partial charge on any atom is -0.507 e. The Bertz CT molecular complexity index is 6210. The van der Waals surface area contributed by atoms with E-state index in [1.807, 2.05) is 91.9 Å². The van der Waals surface area contributed by atoms with Crippen molar-refractivity contribution in [3.63, 3.8) is 0 Å². The second-order valence-electron chi connectivity index (χ2n) is 30.1. The number of ketones is 8. The quantitative estimate of drug-likeness (QED) is 0.0225. The predicted octanol–water partition coefficient (Wildman–Crippen LogP) is 13.7. The highest BCUT2D eigenvalue weighted by atomic mass is 16.5. The molecule has 10 rings (SSSR count). The Kier molecular flexibility index (Phi) is 36.8. The number of aryl methyl sites for hydroxylation is 1. The van der Waals surface area contributed by atoms with Crippen molar-refractivity contribution < 1.29 is 92.6 Å². The van der Waals surface area contributed by atoms with Crippen molar-refractivity contribution in [2.75, 3.05) is 74.7 Å². The number of ether oxygens (including phenoxy) is 1. The number of carboxylic acid groups (broad SMARTS) is 2. The number of amides is 2. The number of hydrogen-bond donors (Lipinski definition) is 7. The summed E-state index contributed by atoms with van der Waals surface area (Å²) in [6.45, 7) is 14.8. The first-order chi connectivity index (χ1) is 59.9. The summed E-state index contributed by atoms with van der Waals surface area (Å²) in [4.78, 5) is 152. The topological polar surface area (TPSA) is 366 Å². The number of phenols is 3. The monoisotopic (exact) mass is 1710 g/mol. The fourth-order valence-electron chi connectivity index (χ4n) is 11.0. The van der Waals surface area contributed by atoms with Crippen LogP contribution in [0, 0.1) is 66.1 Å². The van der Waals surface area contributed by atoms with E-state index in [1.165, 1.54) is 89.3 Å². The fraction of sp³-hybridized carbons (Fsp3) is 0.194. The van der Waals surface area contributed by atoms with Gasteiger partial charge in [-0.05, 0) is 150 Å². The SMILES string of the molecule is CC(=O)C(=O)Cc1ccc(C#Cc2cc(C(=O)O)c(O)cc2N(C)C)cc1.CC(=O)C(=O)Cc1ccc(C#Cc2ccc(C(C)(C)C)cc2)cc1.CC(=O)C(=O)Cc1ccc(C#Cc2ccc(C)cc2)cc1.CC(=O)C(=O)Nc1cccc(C#Cc2cc(C(=O)O)c(O)cc2N(C)C)c1.COC(=O)c1cc(C#Cc2cccc(NC(=O)C(C)=O)c2)c(N(C)C)cc1O. The Hall–Kier alpha value is -16.5. The summed E-state index contributed by atoms with van der Waals surface area (Å²) in [6, 6.07) is 59.6. The Morgan fingerprint density at radius 3 is 0.874 bits per heavy atom. The lowest BCUT2D eigenvalue weighted by Crippen LogP contribution is -2.19. The van der Waals surface area contributed by atoms with Gasteiger partial charge in [-0.2, -0.15) is 0 Å². The summed E-state index contributed by atoms with van der Waals surface area (Å²) >= 11 is 0. The molecule has 0 aliphatic carbocycles. The van der Waals surface area contributed by atoms with Gasteiger partial charge >= 0.3 is 17.9 Å². The molecule has 127 heavy (non-hydrogen) atoms. The number of anilines is 5. The van der Waals surface area contributed by atoms with Crippen LogP contribution in [0.3, 0.4) is 0 Å². The normalized spacial score (nSPS) is 9.92. The van der Waals surface area contributed by atoms with Gasteiger partial charge in [-0.3, -0.25) is 47.9 Å². The Morgan fingerprint density at radius 2 is 0.606 bits per heavy atom. The minimum absolute atomic E-state index is 0.0138. The van der Waals surface area contributed by atoms with Crippen LogP contribution in [0.5, 0.6) is 17.2 Å². The zero-order chi connectivity index (χ0) is 94.1. The number of carbonyl (C=O) groups is 13. The number of esters is 1. The zero-order valence-corrected chi connectivity index (χ0v) is 73.0. The van der Waals surface area contributed by atoms with E-state index < -0.39 is 64.4 Å². The summed E-state index contributed by atoms with van der Waals surface area (Å²) in [6.07, 6.45) is 0.353. The first-order valence-electron chi connectivity index (χ1n) is 39.1. The summed E-state index contributed by atoms with van der Waals surface area (Å²) in [5.41, 5.74) is 14.1. The third kappa shape index (κ3) is 32.1. The molecule has 0 radical (unpaired) electrons. The smallest absolute Gasteiger partial charge is 0.341 e. The van der Waals surface area contributed by atoms with Gasteiger partial charge in [-0.15, -0.1) is 0 Å². The number of Topliss-reactive ketones (excluding diaryl/α,β-unsaturated/α-hetero) is 8. The maximum absolute atomic E-state index is 11.8. The third-order valence-electron chi connectivity index (χ3n) is 18.2. The van der Waals surface area contributed by atoms with Crippen LogP contribution < -0.4 is 25.3 Å². The van der Waals surface area contributed by atoms with Crippen LogP contribution in [-0.2, 0) is 77.4 Å². The standard InChI is InChI=1S/C22H22O2.C21H20N2O5.C21H19NO5.C20H18N2O5.C19H16O2/c1-16(23)21(24)15-19-9-7-17(8-10-19)5-6-18-11-13-20(14-12-18)22(2,3)4;1-13(24)20(26)22-16-7-5-6-14(10-16)8-9-15-11-17(21(27)28-4)19(25)12-18(15)23(2)3;1-13(23)19(24)10-15-6-4-14(5-7-15)8-9-16-11-17(21(26)27)20(25)12-18(16)22(2)3;1-12(23)19(25)21-15-6-4-5-13(9-15)7-8-14-10-16(20(26)27)18(24)11-17(14)22(2)3;1-14-3-5-16(6-4-14)7-8-17-9-11-18(12-10-17)13-19(21)15(2)20/h7-14H,15H2,1-4H3;5-7,10-12,25H,1-4H3,(H,22,26);4-7,11-12,25H,10H2,1-3H3,(H,26,27);4-6,9-11,24H,1-3H3,(H,21,25)(H,26,27);3-6,9-12H,13H2,1-2H3. The number of carboxylic acids is 2. The van der Waals surface area contributed by atoms with E-state index >= 15 is 0 Å². The Labute approximate surface area is 737 Å². The second-order valence-corrected chi connectivity index (χ2v) is 30.1. The van der Waals surface area contributed by atoms with Gasteiger partial charge in [-0.1, -0.05) is 158 Å². The van der Waals surface area contributed by atoms with Gasteiger partial charge in [0.15, 0.2) is 17.3 Å². The number of phenolic OH excluding ortho intramolecular Hbond substituents is 1. The molecule has 0 heterocycles. The molecule has 0 fully saturated rings. The van der Waals surface area contributed by atoms with Crippen molar-refractivity contribution >= 4 is 104 Å². The van der Waals surface area contributed by atoms with Crippen molar-refractivity contribution in [1.82, 2.24) is 0 Å². The number of aromatic carboxylic acids is 2. The average Bonchev–Trinajstić information content (AvgIpc) is 0.820. The highest BCUT2D eigenvalue weighted by Crippen LogP contribution is 2.32. The first kappa shape index (κ1) is 99.3. The Balaban J connectivity index is 0.000000246. The van der Waals surface area contributed by atoms with Gasteiger partial charge in [0.05, 0.1) is 24.2 Å². The first-order valence-corrected chi connectivity index (χ1v) is 39.1. The number of benzene rings is 10. The molecule has 0 atom stereocenters. The summed E-state index contributed by atoms with van der Waals surface area (Å²) < 4.78 is 4.68. The number of aromatic hydroxyl groups is 3. The van der Waals surface area contributed by atoms with Crippen LogP contribution in [0.2, 0.25) is 0 Å². The van der Waals surface area contributed by atoms with Crippen LogP contribution in [0.1, 0.15) is 170 Å². The molecule has 24 heteroatoms. The summed E-state index contributed by atoms with van der Waals surface area (Å²) in [7, 11) is 11.8. The number of carbonyl (C=O) groups excluding carboxylic acids is 11. The van der Waals surface area contributed by atoms with E-state index in [2.05, 4.69) is 107 Å². The maximum Gasteiger partial charge on any atom is 0.341 e. The molecule has 0 bridgehead atoms. The van der Waals surface area contributed by atoms with Crippen molar-refractivity contribution in [1.29, 1.82) is 0 Å². The van der Waals surface area contributed by atoms with E-state index in [4.69, 9.17) is 0 Å². The maximum atomic E-state index is 11.8. The van der Waals surface area contributed by atoms with Crippen molar-refractivity contribution in [2.24, 2.45) is 0 Å². The number of hydrogen-bond acceptors (Lipinski definition) is 20. The van der Waals surface area contributed by atoms with E-state index in [1.54, 1.807) is 130 Å². The number of methoxy groups -OCH3 is 1. The summed E-state index contributed by atoms with van der Waals surface area (Å²) in [5.74, 6) is 20.9. The lowest BCUT2D eigenvalue weighted by molar-refractivity contribution is -0.134. The molecule has 0 aliphatic rings. The fourth-order valence-corrected chi connectivity index (χ4v) is 11.0. The average molecular weight is 1710 g/mol. The van der Waals surface area contributed by atoms with Crippen LogP contribution in [-0.4, -0.2) is 151 Å². The molecule has 0 aromatic heterocycles. The highest BCUT2D eigenvalue weighted by Gasteiger charge is 2.21. The molecule has 646 valence electrons. The third-order valence-corrected chi connectivity index (χ3v) is 18.2. The molecule has 0 saturated heterocycles. The van der Waals surface area contributed by atoms with Crippen molar-refractivity contribution in [3.8, 4) is 76.5 Å². The highest BCUT2D eigenvalue weighted by molar-refractivity contribution is 6.40. The Morgan fingerprint density at radius 1 is 0.339 bits per heavy atom. The van der Waals surface area contributed by atoms with Crippen LogP contribution in [0.25, 0.3) is 0 Å². The van der Waals surface area contributed by atoms with E-state index in [0.717, 1.165) is 33.4 Å². The van der Waals surface area contributed by atoms with Gasteiger partial charge in [0, 0.05) is 181 Å². The predicted molar refractivity (Wildman–Crippen MR) is 488 cm³/mol. The molecular formula is C103H95N5O19. The second kappa shape index (κ2) is 47.1. The minimum atomic E-state index is -1.25. The van der Waals surface area contributed by atoms with Gasteiger partial charge in [0.2, 0.25) is 28.9 Å². The van der Waals surface area contributed by atoms with E-state index in [9.17, 15) is 87.9 Å². The number of nitrogens with zero attached hydrogens (tertiary/aromatic N) is 3. The van der Waals surface area contributed by atoms with E-state index in [0.29, 0.717) is 67.4 Å². The molecule has 0 saturated carbocycles. The molecule has 0 spiro atoms. The molecule has 24 nitrogen and oxygen atoms in total. The van der Waals surface area contributed by atoms with Gasteiger partial charge in [0.1, 0.15) is 33.9 Å². The number of nitrogens with one attached hydrogen (secondary N) is 2. The zero-order valence-electron chi connectivity index (χ0n) is 73.0. The van der Waals surface area contributed by atoms with Gasteiger partial charge in [-0.25, -0.2) is 14.4 Å². The lowest BCUT2D eigenvalue weighted by atomic mass is 9.87. The molecule has 0 aliphatic heterocycles. The largest absolute Gasteiger partial charge is 0.507 e. The summed E-state index contributed by atoms with van der Waals surface area (Å²) in [5, 5.41) is 53.1.